The molecule has 0 amide bonds. The lowest BCUT2D eigenvalue weighted by atomic mass is 10.1. The normalized spacial score (nSPS) is 11.2. The fourth-order valence-corrected chi connectivity index (χ4v) is 2.10. The molecule has 0 unspecified atom stereocenters. The fourth-order valence-electron chi connectivity index (χ4n) is 1.84. The number of benzene rings is 2. The number of carboxylic acid groups (broad SMARTS) is 1. The molecule has 0 bridgehead atoms. The molecule has 2 aromatic rings. The van der Waals surface area contributed by atoms with Crippen LogP contribution in [0.5, 0.6) is 5.75 Å². The van der Waals surface area contributed by atoms with Crippen molar-refractivity contribution in [3.63, 3.8) is 0 Å². The molecule has 2 aromatic carbocycles. The van der Waals surface area contributed by atoms with Crippen molar-refractivity contribution in [2.24, 2.45) is 0 Å². The van der Waals surface area contributed by atoms with E-state index < -0.39 is 5.97 Å². The van der Waals surface area contributed by atoms with E-state index in [1.807, 2.05) is 48.5 Å². The largest absolute Gasteiger partial charge is 0.489 e. The Labute approximate surface area is 132 Å². The summed E-state index contributed by atoms with van der Waals surface area (Å²) in [5.41, 5.74) is 2.90. The topological polar surface area (TPSA) is 46.5 Å². The van der Waals surface area contributed by atoms with Crippen molar-refractivity contribution < 1.29 is 14.6 Å². The first-order valence-electron chi connectivity index (χ1n) is 6.43. The second kappa shape index (κ2) is 7.09. The molecule has 0 fully saturated rings. The number of hydrogen-bond acceptors (Lipinski definition) is 2. The summed E-state index contributed by atoms with van der Waals surface area (Å²) in [6.07, 6.45) is 1.15. The van der Waals surface area contributed by atoms with Gasteiger partial charge in [-0.2, -0.15) is 0 Å². The van der Waals surface area contributed by atoms with E-state index in [1.54, 1.807) is 6.92 Å². The highest BCUT2D eigenvalue weighted by molar-refractivity contribution is 9.10. The number of carbonyl (C=O) groups is 1. The predicted molar refractivity (Wildman–Crippen MR) is 86.5 cm³/mol. The molecule has 0 saturated carbocycles. The lowest BCUT2D eigenvalue weighted by Crippen LogP contribution is -2.01. The van der Waals surface area contributed by atoms with Gasteiger partial charge in [-0.15, -0.1) is 0 Å². The van der Waals surface area contributed by atoms with E-state index in [1.165, 1.54) is 0 Å². The lowest BCUT2D eigenvalue weighted by molar-refractivity contribution is -0.131. The molecule has 1 N–H and O–H groups in total. The SMILES string of the molecule is CC(=CC(=O)O)COc1ccc(-c2ccc(Br)cc2)cc1. The molecular formula is C17H15BrO3. The van der Waals surface area contributed by atoms with Crippen LogP contribution < -0.4 is 4.74 Å². The maximum absolute atomic E-state index is 10.5. The first kappa shape index (κ1) is 15.3. The third kappa shape index (κ3) is 4.76. The van der Waals surface area contributed by atoms with Crippen molar-refractivity contribution in [1.29, 1.82) is 0 Å². The summed E-state index contributed by atoms with van der Waals surface area (Å²) in [7, 11) is 0. The Balaban J connectivity index is 2.02. The summed E-state index contributed by atoms with van der Waals surface area (Å²) in [4.78, 5) is 10.5. The van der Waals surface area contributed by atoms with Crippen LogP contribution in [0.2, 0.25) is 0 Å². The molecule has 0 atom stereocenters. The molecule has 2 rings (SSSR count). The van der Waals surface area contributed by atoms with Gasteiger partial charge in [0.15, 0.2) is 0 Å². The van der Waals surface area contributed by atoms with Crippen molar-refractivity contribution >= 4 is 21.9 Å². The summed E-state index contributed by atoms with van der Waals surface area (Å²) in [5, 5.41) is 8.63. The highest BCUT2D eigenvalue weighted by atomic mass is 79.9. The second-order valence-corrected chi connectivity index (χ2v) is 5.56. The Morgan fingerprint density at radius 1 is 1.10 bits per heavy atom. The summed E-state index contributed by atoms with van der Waals surface area (Å²) >= 11 is 3.41. The monoisotopic (exact) mass is 346 g/mol. The molecular weight excluding hydrogens is 332 g/mol. The summed E-state index contributed by atoms with van der Waals surface area (Å²) < 4.78 is 6.59. The van der Waals surface area contributed by atoms with Gasteiger partial charge in [-0.1, -0.05) is 40.2 Å². The molecule has 3 nitrogen and oxygen atoms in total. The molecule has 0 aliphatic rings. The van der Waals surface area contributed by atoms with Gasteiger partial charge in [0.25, 0.3) is 0 Å². The maximum Gasteiger partial charge on any atom is 0.328 e. The number of carboxylic acids is 1. The molecule has 0 heterocycles. The van der Waals surface area contributed by atoms with Crippen molar-refractivity contribution in [3.05, 3.63) is 64.7 Å². The maximum atomic E-state index is 10.5. The van der Waals surface area contributed by atoms with E-state index in [0.717, 1.165) is 21.7 Å². The molecule has 0 aromatic heterocycles. The van der Waals surface area contributed by atoms with Gasteiger partial charge in [-0.05, 0) is 47.9 Å². The van der Waals surface area contributed by atoms with Gasteiger partial charge in [0.1, 0.15) is 12.4 Å². The fraction of sp³-hybridized carbons (Fsp3) is 0.118. The van der Waals surface area contributed by atoms with Crippen LogP contribution in [-0.4, -0.2) is 17.7 Å². The molecule has 21 heavy (non-hydrogen) atoms. The Bertz CT molecular complexity index is 643. The Morgan fingerprint density at radius 3 is 2.14 bits per heavy atom. The van der Waals surface area contributed by atoms with Crippen LogP contribution in [0.1, 0.15) is 6.92 Å². The average Bonchev–Trinajstić information content (AvgIpc) is 2.46. The Morgan fingerprint density at radius 2 is 1.62 bits per heavy atom. The van der Waals surface area contributed by atoms with E-state index in [9.17, 15) is 4.79 Å². The molecule has 4 heteroatoms. The summed E-state index contributed by atoms with van der Waals surface area (Å²) in [5.74, 6) is -0.240. The first-order valence-corrected chi connectivity index (χ1v) is 7.23. The molecule has 0 aliphatic carbocycles. The van der Waals surface area contributed by atoms with E-state index in [-0.39, 0.29) is 6.61 Å². The highest BCUT2D eigenvalue weighted by Crippen LogP contribution is 2.24. The lowest BCUT2D eigenvalue weighted by Gasteiger charge is -2.07. The third-order valence-corrected chi connectivity index (χ3v) is 3.40. The van der Waals surface area contributed by atoms with Crippen LogP contribution in [0.15, 0.2) is 64.7 Å². The zero-order valence-electron chi connectivity index (χ0n) is 11.5. The van der Waals surface area contributed by atoms with Gasteiger partial charge < -0.3 is 9.84 Å². The van der Waals surface area contributed by atoms with Crippen LogP contribution >= 0.6 is 15.9 Å². The zero-order valence-corrected chi connectivity index (χ0v) is 13.1. The van der Waals surface area contributed by atoms with Gasteiger partial charge in [0.2, 0.25) is 0 Å². The molecule has 0 aliphatic heterocycles. The quantitative estimate of drug-likeness (QED) is 0.809. The number of halogens is 1. The zero-order chi connectivity index (χ0) is 15.2. The summed E-state index contributed by atoms with van der Waals surface area (Å²) in [6, 6.07) is 15.8. The molecule has 0 saturated heterocycles. The number of hydrogen-bond donors (Lipinski definition) is 1. The minimum absolute atomic E-state index is 0.268. The minimum atomic E-state index is -0.957. The van der Waals surface area contributed by atoms with E-state index in [0.29, 0.717) is 11.3 Å². The number of aliphatic carboxylic acids is 1. The van der Waals surface area contributed by atoms with Gasteiger partial charge in [0.05, 0.1) is 0 Å². The average molecular weight is 347 g/mol. The van der Waals surface area contributed by atoms with Crippen molar-refractivity contribution in [2.45, 2.75) is 6.92 Å². The van der Waals surface area contributed by atoms with Gasteiger partial charge in [-0.25, -0.2) is 4.79 Å². The predicted octanol–water partition coefficient (Wildman–Crippen LogP) is 4.53. The van der Waals surface area contributed by atoms with E-state index >= 15 is 0 Å². The van der Waals surface area contributed by atoms with Gasteiger partial charge in [-0.3, -0.25) is 0 Å². The molecule has 108 valence electrons. The second-order valence-electron chi connectivity index (χ2n) is 4.65. The summed E-state index contributed by atoms with van der Waals surface area (Å²) in [6.45, 7) is 1.99. The highest BCUT2D eigenvalue weighted by Gasteiger charge is 2.00. The van der Waals surface area contributed by atoms with Gasteiger partial charge in [0, 0.05) is 10.5 Å². The first-order chi connectivity index (χ1) is 10.0. The van der Waals surface area contributed by atoms with Crippen LogP contribution in [0.25, 0.3) is 11.1 Å². The Kier molecular flexibility index (Phi) is 5.17. The van der Waals surface area contributed by atoms with Crippen LogP contribution in [0.3, 0.4) is 0 Å². The number of rotatable bonds is 5. The van der Waals surface area contributed by atoms with Crippen LogP contribution in [0, 0.1) is 0 Å². The number of ether oxygens (including phenoxy) is 1. The smallest absolute Gasteiger partial charge is 0.328 e. The van der Waals surface area contributed by atoms with Gasteiger partial charge >= 0.3 is 5.97 Å². The molecule has 0 radical (unpaired) electrons. The van der Waals surface area contributed by atoms with Crippen molar-refractivity contribution in [3.8, 4) is 16.9 Å². The molecule has 0 spiro atoms. The standard InChI is InChI=1S/C17H15BrO3/c1-12(10-17(19)20)11-21-16-8-4-14(5-9-16)13-2-6-15(18)7-3-13/h2-10H,11H2,1H3,(H,19,20). The Hall–Kier alpha value is -2.07. The van der Waals surface area contributed by atoms with Crippen LogP contribution in [0.4, 0.5) is 0 Å². The van der Waals surface area contributed by atoms with Crippen LogP contribution in [-0.2, 0) is 4.79 Å². The minimum Gasteiger partial charge on any atom is -0.489 e. The third-order valence-electron chi connectivity index (χ3n) is 2.87. The van der Waals surface area contributed by atoms with Crippen molar-refractivity contribution in [1.82, 2.24) is 0 Å². The van der Waals surface area contributed by atoms with Crippen molar-refractivity contribution in [2.75, 3.05) is 6.61 Å². The van der Waals surface area contributed by atoms with E-state index in [4.69, 9.17) is 9.84 Å². The van der Waals surface area contributed by atoms with E-state index in [2.05, 4.69) is 15.9 Å².